The lowest BCUT2D eigenvalue weighted by molar-refractivity contribution is -0.132. The second-order valence-electron chi connectivity index (χ2n) is 8.32. The minimum atomic E-state index is -0.0932. The number of carbonyl (C=O) groups is 1. The molecular formula is C24H27N5O3. The maximum atomic E-state index is 13.3. The maximum absolute atomic E-state index is 13.3. The molecule has 1 amide bonds. The van der Waals surface area contributed by atoms with Crippen LogP contribution in [0.3, 0.4) is 0 Å². The SMILES string of the molecule is COCCn1c(=O)n([C@H]2CCCN(C(=O)Cc3c[nH]c4ccccc34)C2)c2ncccc21. The van der Waals surface area contributed by atoms with E-state index in [9.17, 15) is 9.59 Å². The van der Waals surface area contributed by atoms with Crippen LogP contribution in [0.25, 0.3) is 22.1 Å². The van der Waals surface area contributed by atoms with E-state index in [4.69, 9.17) is 4.74 Å². The average molecular weight is 434 g/mol. The number of benzene rings is 1. The van der Waals surface area contributed by atoms with E-state index in [0.717, 1.165) is 34.8 Å². The van der Waals surface area contributed by atoms with Gasteiger partial charge >= 0.3 is 5.69 Å². The van der Waals surface area contributed by atoms with E-state index in [0.29, 0.717) is 38.3 Å². The van der Waals surface area contributed by atoms with Gasteiger partial charge < -0.3 is 14.6 Å². The number of methoxy groups -OCH3 is 1. The van der Waals surface area contributed by atoms with Crippen molar-refractivity contribution >= 4 is 28.0 Å². The number of hydrogen-bond acceptors (Lipinski definition) is 4. The number of carbonyl (C=O) groups excluding carboxylic acids is 1. The van der Waals surface area contributed by atoms with Crippen LogP contribution in [0.2, 0.25) is 0 Å². The highest BCUT2D eigenvalue weighted by atomic mass is 16.5. The summed E-state index contributed by atoms with van der Waals surface area (Å²) in [7, 11) is 1.63. The summed E-state index contributed by atoms with van der Waals surface area (Å²) in [6.07, 6.45) is 5.67. The van der Waals surface area contributed by atoms with Gasteiger partial charge in [-0.2, -0.15) is 0 Å². The summed E-state index contributed by atoms with van der Waals surface area (Å²) in [6.45, 7) is 2.15. The van der Waals surface area contributed by atoms with Crippen molar-refractivity contribution in [1.29, 1.82) is 0 Å². The van der Waals surface area contributed by atoms with Crippen LogP contribution in [0.4, 0.5) is 0 Å². The van der Waals surface area contributed by atoms with Crippen LogP contribution < -0.4 is 5.69 Å². The first kappa shape index (κ1) is 20.5. The minimum absolute atomic E-state index is 0.0867. The quantitative estimate of drug-likeness (QED) is 0.507. The van der Waals surface area contributed by atoms with Crippen molar-refractivity contribution < 1.29 is 9.53 Å². The van der Waals surface area contributed by atoms with E-state index < -0.39 is 0 Å². The van der Waals surface area contributed by atoms with Crippen LogP contribution in [-0.2, 0) is 22.5 Å². The summed E-state index contributed by atoms with van der Waals surface area (Å²) < 4.78 is 8.68. The number of nitrogens with one attached hydrogen (secondary N) is 1. The van der Waals surface area contributed by atoms with E-state index in [1.165, 1.54) is 0 Å². The van der Waals surface area contributed by atoms with Crippen LogP contribution >= 0.6 is 0 Å². The van der Waals surface area contributed by atoms with Crippen molar-refractivity contribution in [2.24, 2.45) is 0 Å². The van der Waals surface area contributed by atoms with Gasteiger partial charge in [0.1, 0.15) is 0 Å². The fourth-order valence-electron chi connectivity index (χ4n) is 4.78. The molecule has 0 radical (unpaired) electrons. The molecule has 32 heavy (non-hydrogen) atoms. The van der Waals surface area contributed by atoms with Crippen molar-refractivity contribution in [3.8, 4) is 0 Å². The highest BCUT2D eigenvalue weighted by Gasteiger charge is 2.29. The molecule has 1 fully saturated rings. The molecule has 1 aliphatic heterocycles. The lowest BCUT2D eigenvalue weighted by Crippen LogP contribution is -2.43. The molecule has 0 unspecified atom stereocenters. The van der Waals surface area contributed by atoms with Crippen LogP contribution in [0.1, 0.15) is 24.4 Å². The zero-order valence-electron chi connectivity index (χ0n) is 18.2. The van der Waals surface area contributed by atoms with Gasteiger partial charge in [-0.25, -0.2) is 9.78 Å². The molecule has 8 heteroatoms. The molecule has 4 heterocycles. The number of amides is 1. The van der Waals surface area contributed by atoms with Crippen LogP contribution in [0.15, 0.2) is 53.6 Å². The molecule has 1 aromatic carbocycles. The molecule has 0 spiro atoms. The summed E-state index contributed by atoms with van der Waals surface area (Å²) >= 11 is 0. The Morgan fingerprint density at radius 1 is 1.25 bits per heavy atom. The molecule has 8 nitrogen and oxygen atoms in total. The van der Waals surface area contributed by atoms with Crippen molar-refractivity contribution in [2.75, 3.05) is 26.8 Å². The number of imidazole rings is 1. The van der Waals surface area contributed by atoms with Gasteiger partial charge in [0.25, 0.3) is 0 Å². The Hall–Kier alpha value is -3.39. The standard InChI is InChI=1S/C24H27N5O3/c1-32-13-12-28-21-9-4-10-25-23(21)29(24(28)31)18-6-5-11-27(16-18)22(30)14-17-15-26-20-8-3-2-7-19(17)20/h2-4,7-10,15,18,26H,5-6,11-14,16H2,1H3/t18-/m0/s1. The third-order valence-corrected chi connectivity index (χ3v) is 6.37. The summed E-state index contributed by atoms with van der Waals surface area (Å²) in [5, 5.41) is 1.08. The largest absolute Gasteiger partial charge is 0.383 e. The second-order valence-corrected chi connectivity index (χ2v) is 8.32. The third-order valence-electron chi connectivity index (χ3n) is 6.37. The van der Waals surface area contributed by atoms with Crippen molar-refractivity contribution in [3.05, 3.63) is 64.8 Å². The fourth-order valence-corrected chi connectivity index (χ4v) is 4.78. The molecule has 3 aromatic heterocycles. The van der Waals surface area contributed by atoms with Crippen LogP contribution in [-0.4, -0.2) is 56.7 Å². The van der Waals surface area contributed by atoms with Gasteiger partial charge in [-0.15, -0.1) is 0 Å². The summed E-state index contributed by atoms with van der Waals surface area (Å²) in [6, 6.07) is 11.7. The number of para-hydroxylation sites is 1. The highest BCUT2D eigenvalue weighted by Crippen LogP contribution is 2.25. The highest BCUT2D eigenvalue weighted by molar-refractivity contribution is 5.89. The zero-order chi connectivity index (χ0) is 22.1. The van der Waals surface area contributed by atoms with Gasteiger partial charge in [-0.05, 0) is 36.6 Å². The summed E-state index contributed by atoms with van der Waals surface area (Å²) in [5.74, 6) is 0.0867. The molecular weight excluding hydrogens is 406 g/mol. The summed E-state index contributed by atoms with van der Waals surface area (Å²) in [5.41, 5.74) is 3.42. The Balaban J connectivity index is 1.40. The topological polar surface area (TPSA) is 85.1 Å². The van der Waals surface area contributed by atoms with Gasteiger partial charge in [-0.1, -0.05) is 18.2 Å². The minimum Gasteiger partial charge on any atom is -0.383 e. The number of likely N-dealkylation sites (tertiary alicyclic amines) is 1. The Morgan fingerprint density at radius 3 is 3.00 bits per heavy atom. The Kier molecular flexibility index (Phi) is 5.53. The molecule has 0 bridgehead atoms. The third kappa shape index (κ3) is 3.60. The van der Waals surface area contributed by atoms with Crippen molar-refractivity contribution in [2.45, 2.75) is 31.8 Å². The average Bonchev–Trinajstić information content (AvgIpc) is 3.36. The Labute approximate surface area is 185 Å². The first-order valence-electron chi connectivity index (χ1n) is 11.0. The Bertz CT molecular complexity index is 1320. The number of pyridine rings is 1. The van der Waals surface area contributed by atoms with E-state index in [2.05, 4.69) is 9.97 Å². The van der Waals surface area contributed by atoms with Gasteiger partial charge in [0, 0.05) is 43.5 Å². The number of piperidine rings is 1. The molecule has 166 valence electrons. The first-order chi connectivity index (χ1) is 15.7. The predicted molar refractivity (Wildman–Crippen MR) is 123 cm³/mol. The van der Waals surface area contributed by atoms with Gasteiger partial charge in [0.2, 0.25) is 5.91 Å². The van der Waals surface area contributed by atoms with E-state index in [-0.39, 0.29) is 17.6 Å². The number of H-pyrrole nitrogens is 1. The first-order valence-corrected chi connectivity index (χ1v) is 11.0. The van der Waals surface area contributed by atoms with Gasteiger partial charge in [-0.3, -0.25) is 13.9 Å². The van der Waals surface area contributed by atoms with Gasteiger partial charge in [0.15, 0.2) is 5.65 Å². The number of ether oxygens (including phenoxy) is 1. The number of hydrogen-bond donors (Lipinski definition) is 1. The molecule has 4 aromatic rings. The zero-order valence-corrected chi connectivity index (χ0v) is 18.2. The van der Waals surface area contributed by atoms with Crippen LogP contribution in [0, 0.1) is 0 Å². The molecule has 0 saturated carbocycles. The fraction of sp³-hybridized carbons (Fsp3) is 0.375. The summed E-state index contributed by atoms with van der Waals surface area (Å²) in [4.78, 5) is 36.1. The lowest BCUT2D eigenvalue weighted by atomic mass is 10.0. The van der Waals surface area contributed by atoms with Crippen molar-refractivity contribution in [3.63, 3.8) is 0 Å². The number of aromatic nitrogens is 4. The number of rotatable bonds is 6. The number of nitrogens with zero attached hydrogens (tertiary/aromatic N) is 4. The normalized spacial score (nSPS) is 16.8. The molecule has 5 rings (SSSR count). The number of aromatic amines is 1. The molecule has 1 N–H and O–H groups in total. The van der Waals surface area contributed by atoms with Gasteiger partial charge in [0.05, 0.1) is 31.1 Å². The Morgan fingerprint density at radius 2 is 2.12 bits per heavy atom. The smallest absolute Gasteiger partial charge is 0.330 e. The van der Waals surface area contributed by atoms with Crippen LogP contribution in [0.5, 0.6) is 0 Å². The van der Waals surface area contributed by atoms with E-state index in [1.807, 2.05) is 47.5 Å². The molecule has 0 aliphatic carbocycles. The lowest BCUT2D eigenvalue weighted by Gasteiger charge is -2.33. The predicted octanol–water partition coefficient (Wildman–Crippen LogP) is 2.73. The molecule has 1 atom stereocenters. The second kappa shape index (κ2) is 8.63. The molecule has 1 saturated heterocycles. The van der Waals surface area contributed by atoms with E-state index in [1.54, 1.807) is 22.4 Å². The molecule has 1 aliphatic rings. The van der Waals surface area contributed by atoms with Crippen molar-refractivity contribution in [1.82, 2.24) is 24.0 Å². The monoisotopic (exact) mass is 433 g/mol. The maximum Gasteiger partial charge on any atom is 0.330 e. The van der Waals surface area contributed by atoms with E-state index >= 15 is 0 Å². The number of fused-ring (bicyclic) bond motifs is 2.